The summed E-state index contributed by atoms with van der Waals surface area (Å²) in [6, 6.07) is 20.5. The summed E-state index contributed by atoms with van der Waals surface area (Å²) in [4.78, 5) is 27.8. The van der Waals surface area contributed by atoms with E-state index in [9.17, 15) is 9.59 Å². The summed E-state index contributed by atoms with van der Waals surface area (Å²) in [5.41, 5.74) is 2.82. The Kier molecular flexibility index (Phi) is 9.12. The van der Waals surface area contributed by atoms with Gasteiger partial charge in [-0.1, -0.05) is 48.6 Å². The van der Waals surface area contributed by atoms with Crippen LogP contribution >= 0.6 is 12.2 Å². The third-order valence-corrected chi connectivity index (χ3v) is 6.06. The highest BCUT2D eigenvalue weighted by atomic mass is 32.1. The zero-order valence-corrected chi connectivity index (χ0v) is 22.9. The molecule has 0 bridgehead atoms. The topological polar surface area (TPSA) is 77.1 Å². The molecule has 0 atom stereocenters. The molecule has 0 aromatic heterocycles. The largest absolute Gasteiger partial charge is 0.494 e. The van der Waals surface area contributed by atoms with E-state index in [1.165, 1.54) is 11.0 Å². The first-order valence-corrected chi connectivity index (χ1v) is 13.1. The number of ether oxygens (including phenoxy) is 3. The summed E-state index contributed by atoms with van der Waals surface area (Å²) in [5, 5.41) is 2.63. The van der Waals surface area contributed by atoms with Crippen molar-refractivity contribution < 1.29 is 23.8 Å². The molecule has 1 N–H and O–H groups in total. The minimum atomic E-state index is -0.572. The molecule has 3 aromatic carbocycles. The van der Waals surface area contributed by atoms with Crippen molar-refractivity contribution in [2.24, 2.45) is 0 Å². The zero-order valence-electron chi connectivity index (χ0n) is 22.1. The number of rotatable bonds is 10. The van der Waals surface area contributed by atoms with E-state index < -0.39 is 11.8 Å². The minimum Gasteiger partial charge on any atom is -0.494 e. The molecule has 3 aromatic rings. The third kappa shape index (κ3) is 6.53. The van der Waals surface area contributed by atoms with Crippen LogP contribution in [0.2, 0.25) is 0 Å². The quantitative estimate of drug-likeness (QED) is 0.195. The summed E-state index contributed by atoms with van der Waals surface area (Å²) >= 11 is 5.35. The Bertz CT molecular complexity index is 1430. The summed E-state index contributed by atoms with van der Waals surface area (Å²) < 4.78 is 17.7. The molecule has 39 heavy (non-hydrogen) atoms. The molecule has 8 heteroatoms. The highest BCUT2D eigenvalue weighted by Crippen LogP contribution is 2.36. The number of hydrogen-bond acceptors (Lipinski definition) is 6. The third-order valence-electron chi connectivity index (χ3n) is 5.78. The molecule has 1 fully saturated rings. The van der Waals surface area contributed by atoms with Crippen LogP contribution in [0.1, 0.15) is 37.5 Å². The molecule has 1 heterocycles. The average molecular weight is 543 g/mol. The predicted octanol–water partition coefficient (Wildman–Crippen LogP) is 5.93. The van der Waals surface area contributed by atoms with Gasteiger partial charge in [0, 0.05) is 11.6 Å². The van der Waals surface area contributed by atoms with Crippen molar-refractivity contribution in [3.63, 3.8) is 0 Å². The monoisotopic (exact) mass is 542 g/mol. The summed E-state index contributed by atoms with van der Waals surface area (Å²) in [5.74, 6) is 0.577. The van der Waals surface area contributed by atoms with Gasteiger partial charge in [-0.25, -0.2) is 0 Å². The number of hydrogen-bond donors (Lipinski definition) is 1. The number of anilines is 1. The number of benzene rings is 3. The first-order chi connectivity index (χ1) is 18.9. The number of allylic oxidation sites excluding steroid dienone is 1. The Morgan fingerprint density at radius 3 is 2.41 bits per heavy atom. The number of thiocarbonyl (C=S) groups is 1. The van der Waals surface area contributed by atoms with Crippen LogP contribution in [0.5, 0.6) is 17.2 Å². The van der Waals surface area contributed by atoms with Gasteiger partial charge in [0.25, 0.3) is 11.8 Å². The maximum Gasteiger partial charge on any atom is 0.270 e. The highest BCUT2D eigenvalue weighted by molar-refractivity contribution is 7.80. The van der Waals surface area contributed by atoms with Gasteiger partial charge in [0.15, 0.2) is 16.6 Å². The predicted molar refractivity (Wildman–Crippen MR) is 157 cm³/mol. The lowest BCUT2D eigenvalue weighted by Crippen LogP contribution is -2.54. The van der Waals surface area contributed by atoms with E-state index in [1.807, 2.05) is 69.3 Å². The number of carbonyl (C=O) groups is 2. The molecule has 1 aliphatic rings. The second kappa shape index (κ2) is 12.9. The maximum atomic E-state index is 13.6. The van der Waals surface area contributed by atoms with Gasteiger partial charge >= 0.3 is 0 Å². The standard InChI is InChI=1S/C31H30N2O5S/c1-4-11-23-16-22(18-27(37-6-3)28(23)38-20-21-12-8-7-9-13-21)17-26-29(34)32-31(39)33(30(26)35)24-14-10-15-25(19-24)36-5-2/h4,7-19H,5-6,20H2,1-3H3,(H,32,34,39)/b11-4+,26-17-. The van der Waals surface area contributed by atoms with Gasteiger partial charge in [0.05, 0.1) is 18.9 Å². The summed E-state index contributed by atoms with van der Waals surface area (Å²) in [7, 11) is 0. The van der Waals surface area contributed by atoms with Gasteiger partial charge < -0.3 is 14.2 Å². The lowest BCUT2D eigenvalue weighted by Gasteiger charge is -2.29. The van der Waals surface area contributed by atoms with Gasteiger partial charge in [-0.15, -0.1) is 0 Å². The van der Waals surface area contributed by atoms with Crippen molar-refractivity contribution in [2.45, 2.75) is 27.4 Å². The average Bonchev–Trinajstić information content (AvgIpc) is 2.92. The van der Waals surface area contributed by atoms with Crippen LogP contribution in [-0.2, 0) is 16.2 Å². The second-order valence-corrected chi connectivity index (χ2v) is 8.92. The molecular weight excluding hydrogens is 512 g/mol. The van der Waals surface area contributed by atoms with E-state index in [0.717, 1.165) is 11.1 Å². The van der Waals surface area contributed by atoms with Crippen molar-refractivity contribution in [1.82, 2.24) is 5.32 Å². The number of amides is 2. The summed E-state index contributed by atoms with van der Waals surface area (Å²) in [6.07, 6.45) is 5.32. The van der Waals surface area contributed by atoms with E-state index in [4.69, 9.17) is 26.4 Å². The lowest BCUT2D eigenvalue weighted by atomic mass is 10.0. The van der Waals surface area contributed by atoms with Gasteiger partial charge in [0.2, 0.25) is 0 Å². The number of nitrogens with zero attached hydrogens (tertiary/aromatic N) is 1. The fourth-order valence-corrected chi connectivity index (χ4v) is 4.40. The van der Waals surface area contributed by atoms with E-state index in [1.54, 1.807) is 30.3 Å². The molecule has 0 unspecified atom stereocenters. The Morgan fingerprint density at radius 1 is 0.923 bits per heavy atom. The molecular formula is C31H30N2O5S. The van der Waals surface area contributed by atoms with Crippen LogP contribution < -0.4 is 24.4 Å². The van der Waals surface area contributed by atoms with E-state index in [-0.39, 0.29) is 10.7 Å². The van der Waals surface area contributed by atoms with Crippen molar-refractivity contribution in [3.05, 3.63) is 95.1 Å². The normalized spacial score (nSPS) is 14.6. The van der Waals surface area contributed by atoms with E-state index in [0.29, 0.717) is 48.3 Å². The Hall–Kier alpha value is -4.43. The minimum absolute atomic E-state index is 0.00469. The van der Waals surface area contributed by atoms with Crippen LogP contribution in [0, 0.1) is 0 Å². The van der Waals surface area contributed by atoms with Crippen molar-refractivity contribution >= 4 is 47.0 Å². The Morgan fingerprint density at radius 2 is 1.69 bits per heavy atom. The molecule has 0 saturated carbocycles. The zero-order chi connectivity index (χ0) is 27.8. The van der Waals surface area contributed by atoms with Crippen molar-refractivity contribution in [1.29, 1.82) is 0 Å². The van der Waals surface area contributed by atoms with Crippen LogP contribution in [0.25, 0.3) is 12.2 Å². The fourth-order valence-electron chi connectivity index (χ4n) is 4.12. The van der Waals surface area contributed by atoms with E-state index in [2.05, 4.69) is 5.32 Å². The van der Waals surface area contributed by atoms with Gasteiger partial charge in [-0.3, -0.25) is 19.8 Å². The first kappa shape index (κ1) is 27.6. The summed E-state index contributed by atoms with van der Waals surface area (Å²) in [6.45, 7) is 6.91. The van der Waals surface area contributed by atoms with Crippen LogP contribution in [0.3, 0.4) is 0 Å². The smallest absolute Gasteiger partial charge is 0.270 e. The number of carbonyl (C=O) groups excluding carboxylic acids is 2. The lowest BCUT2D eigenvalue weighted by molar-refractivity contribution is -0.122. The number of nitrogens with one attached hydrogen (secondary N) is 1. The Labute approximate surface area is 233 Å². The molecule has 4 rings (SSSR count). The van der Waals surface area contributed by atoms with Gasteiger partial charge in [0.1, 0.15) is 17.9 Å². The van der Waals surface area contributed by atoms with Crippen LogP contribution in [0.15, 0.2) is 78.4 Å². The first-order valence-electron chi connectivity index (χ1n) is 12.7. The SMILES string of the molecule is C/C=C/c1cc(/C=C2/C(=O)NC(=S)N(c3cccc(OCC)c3)C2=O)cc(OCC)c1OCc1ccccc1. The van der Waals surface area contributed by atoms with E-state index >= 15 is 0 Å². The van der Waals surface area contributed by atoms with Crippen LogP contribution in [0.4, 0.5) is 5.69 Å². The Balaban J connectivity index is 1.72. The molecule has 1 aliphatic heterocycles. The second-order valence-electron chi connectivity index (χ2n) is 8.53. The molecule has 2 amide bonds. The molecule has 200 valence electrons. The van der Waals surface area contributed by atoms with Crippen molar-refractivity contribution in [2.75, 3.05) is 18.1 Å². The van der Waals surface area contributed by atoms with Crippen molar-refractivity contribution in [3.8, 4) is 17.2 Å². The molecule has 1 saturated heterocycles. The fraction of sp³-hybridized carbons (Fsp3) is 0.194. The maximum absolute atomic E-state index is 13.6. The van der Waals surface area contributed by atoms with Crippen LogP contribution in [-0.4, -0.2) is 30.1 Å². The molecule has 0 radical (unpaired) electrons. The molecule has 7 nitrogen and oxygen atoms in total. The van der Waals surface area contributed by atoms with Gasteiger partial charge in [-0.2, -0.15) is 0 Å². The van der Waals surface area contributed by atoms with Gasteiger partial charge in [-0.05, 0) is 74.5 Å². The molecule has 0 spiro atoms. The molecule has 0 aliphatic carbocycles. The highest BCUT2D eigenvalue weighted by Gasteiger charge is 2.34.